The fraction of sp³-hybridized carbons (Fsp3) is 0.500. The van der Waals surface area contributed by atoms with Crippen LogP contribution in [0.2, 0.25) is 5.02 Å². The minimum atomic E-state index is -0.862. The SMILES string of the molecule is CC(COc1ccc(Cl)cc1)C(=O)O.CN(C)CCO. The maximum atomic E-state index is 10.5. The molecule has 0 aliphatic rings. The molecule has 0 aliphatic heterocycles. The first-order chi connectivity index (χ1) is 9.36. The molecule has 0 amide bonds. The van der Waals surface area contributed by atoms with E-state index in [-0.39, 0.29) is 13.2 Å². The number of ether oxygens (including phenoxy) is 1. The molecule has 0 heterocycles. The first-order valence-electron chi connectivity index (χ1n) is 6.23. The van der Waals surface area contributed by atoms with Gasteiger partial charge in [-0.2, -0.15) is 0 Å². The van der Waals surface area contributed by atoms with Crippen molar-refractivity contribution in [3.63, 3.8) is 0 Å². The number of nitrogens with zero attached hydrogens (tertiary/aromatic N) is 1. The van der Waals surface area contributed by atoms with E-state index in [1.165, 1.54) is 0 Å². The van der Waals surface area contributed by atoms with E-state index in [1.807, 2.05) is 19.0 Å². The van der Waals surface area contributed by atoms with Gasteiger partial charge in [0.25, 0.3) is 0 Å². The Kier molecular flexibility index (Phi) is 9.80. The molecule has 0 spiro atoms. The van der Waals surface area contributed by atoms with Gasteiger partial charge < -0.3 is 19.8 Å². The van der Waals surface area contributed by atoms with Crippen LogP contribution >= 0.6 is 11.6 Å². The van der Waals surface area contributed by atoms with E-state index >= 15 is 0 Å². The van der Waals surface area contributed by atoms with Gasteiger partial charge in [-0.25, -0.2) is 0 Å². The highest BCUT2D eigenvalue weighted by atomic mass is 35.5. The maximum absolute atomic E-state index is 10.5. The van der Waals surface area contributed by atoms with Gasteiger partial charge in [-0.1, -0.05) is 11.6 Å². The molecule has 1 aromatic rings. The molecule has 1 atom stereocenters. The number of rotatable bonds is 6. The third kappa shape index (κ3) is 9.61. The number of halogens is 1. The van der Waals surface area contributed by atoms with Crippen LogP contribution in [0, 0.1) is 5.92 Å². The molecule has 2 N–H and O–H groups in total. The summed E-state index contributed by atoms with van der Waals surface area (Å²) in [5.41, 5.74) is 0. The van der Waals surface area contributed by atoms with Gasteiger partial charge in [-0.3, -0.25) is 4.79 Å². The molecular weight excluding hydrogens is 282 g/mol. The normalized spacial score (nSPS) is 11.5. The number of likely N-dealkylation sites (N-methyl/N-ethyl adjacent to an activating group) is 1. The summed E-state index contributed by atoms with van der Waals surface area (Å²) in [4.78, 5) is 12.4. The first kappa shape index (κ1) is 18.7. The fourth-order valence-electron chi connectivity index (χ4n) is 1.02. The molecule has 0 saturated heterocycles. The average molecular weight is 304 g/mol. The lowest BCUT2D eigenvalue weighted by Gasteiger charge is -2.08. The Hall–Kier alpha value is -1.30. The number of hydrogen-bond donors (Lipinski definition) is 2. The minimum absolute atomic E-state index is 0.164. The lowest BCUT2D eigenvalue weighted by Crippen LogP contribution is -2.17. The zero-order valence-corrected chi connectivity index (χ0v) is 12.8. The van der Waals surface area contributed by atoms with Crippen molar-refractivity contribution in [1.29, 1.82) is 0 Å². The van der Waals surface area contributed by atoms with Crippen molar-refractivity contribution in [2.75, 3.05) is 33.9 Å². The van der Waals surface area contributed by atoms with E-state index in [4.69, 9.17) is 26.6 Å². The van der Waals surface area contributed by atoms with Gasteiger partial charge in [-0.05, 0) is 45.3 Å². The van der Waals surface area contributed by atoms with Crippen LogP contribution in [0.5, 0.6) is 5.75 Å². The van der Waals surface area contributed by atoms with Crippen molar-refractivity contribution >= 4 is 17.6 Å². The molecule has 6 heteroatoms. The highest BCUT2D eigenvalue weighted by Gasteiger charge is 2.11. The number of carboxylic acid groups (broad SMARTS) is 1. The monoisotopic (exact) mass is 303 g/mol. The van der Waals surface area contributed by atoms with E-state index < -0.39 is 11.9 Å². The van der Waals surface area contributed by atoms with E-state index in [0.29, 0.717) is 10.8 Å². The summed E-state index contributed by atoms with van der Waals surface area (Å²) in [7, 11) is 3.85. The summed E-state index contributed by atoms with van der Waals surface area (Å²) in [6.07, 6.45) is 0. The van der Waals surface area contributed by atoms with Crippen LogP contribution in [-0.2, 0) is 4.79 Å². The van der Waals surface area contributed by atoms with Crippen LogP contribution < -0.4 is 4.74 Å². The standard InChI is InChI=1S/C10H11ClO3.C4H11NO/c1-7(10(12)13)6-14-9-4-2-8(11)3-5-9;1-5(2)3-4-6/h2-5,7H,6H2,1H3,(H,12,13);6H,3-4H2,1-2H3. The molecule has 0 fully saturated rings. The predicted octanol–water partition coefficient (Wildman–Crippen LogP) is 1.98. The molecule has 0 saturated carbocycles. The molecule has 0 aromatic heterocycles. The van der Waals surface area contributed by atoms with E-state index in [9.17, 15) is 4.79 Å². The van der Waals surface area contributed by atoms with Crippen LogP contribution in [0.3, 0.4) is 0 Å². The Bertz CT molecular complexity index is 381. The van der Waals surface area contributed by atoms with Gasteiger partial charge >= 0.3 is 5.97 Å². The predicted molar refractivity (Wildman–Crippen MR) is 79.4 cm³/mol. The molecule has 1 rings (SSSR count). The van der Waals surface area contributed by atoms with Crippen molar-refractivity contribution in [3.05, 3.63) is 29.3 Å². The Balaban J connectivity index is 0.000000511. The van der Waals surface area contributed by atoms with Crippen LogP contribution in [0.25, 0.3) is 0 Å². The molecular formula is C14H22ClNO4. The minimum Gasteiger partial charge on any atom is -0.493 e. The number of aliphatic hydroxyl groups is 1. The van der Waals surface area contributed by atoms with E-state index in [2.05, 4.69) is 0 Å². The van der Waals surface area contributed by atoms with Crippen LogP contribution in [0.4, 0.5) is 0 Å². The number of benzene rings is 1. The summed E-state index contributed by atoms with van der Waals surface area (Å²) in [5, 5.41) is 17.4. The quantitative estimate of drug-likeness (QED) is 0.841. The van der Waals surface area contributed by atoms with Crippen molar-refractivity contribution in [2.45, 2.75) is 6.92 Å². The number of hydrogen-bond acceptors (Lipinski definition) is 4. The molecule has 114 valence electrons. The Labute approximate surface area is 124 Å². The summed E-state index contributed by atoms with van der Waals surface area (Å²) >= 11 is 5.68. The zero-order chi connectivity index (χ0) is 15.5. The van der Waals surface area contributed by atoms with Gasteiger partial charge in [0, 0.05) is 11.6 Å². The highest BCUT2D eigenvalue weighted by molar-refractivity contribution is 6.30. The van der Waals surface area contributed by atoms with Crippen LogP contribution in [-0.4, -0.2) is 54.9 Å². The number of aliphatic carboxylic acids is 1. The third-order valence-electron chi connectivity index (χ3n) is 2.28. The van der Waals surface area contributed by atoms with Gasteiger partial charge in [-0.15, -0.1) is 0 Å². The highest BCUT2D eigenvalue weighted by Crippen LogP contribution is 2.16. The maximum Gasteiger partial charge on any atom is 0.309 e. The summed E-state index contributed by atoms with van der Waals surface area (Å²) in [6, 6.07) is 6.80. The largest absolute Gasteiger partial charge is 0.493 e. The Morgan fingerprint density at radius 1 is 1.35 bits per heavy atom. The average Bonchev–Trinajstić information content (AvgIpc) is 2.38. The Morgan fingerprint density at radius 2 is 1.90 bits per heavy atom. The zero-order valence-electron chi connectivity index (χ0n) is 12.0. The number of aliphatic hydroxyl groups excluding tert-OH is 1. The summed E-state index contributed by atoms with van der Waals surface area (Å²) in [5.74, 6) is -0.743. The summed E-state index contributed by atoms with van der Waals surface area (Å²) < 4.78 is 5.24. The second kappa shape index (κ2) is 10.5. The van der Waals surface area contributed by atoms with Crippen LogP contribution in [0.1, 0.15) is 6.92 Å². The number of carboxylic acids is 1. The summed E-state index contributed by atoms with van der Waals surface area (Å²) in [6.45, 7) is 2.78. The van der Waals surface area contributed by atoms with Gasteiger partial charge in [0.1, 0.15) is 12.4 Å². The van der Waals surface area contributed by atoms with Crippen molar-refractivity contribution in [3.8, 4) is 5.75 Å². The van der Waals surface area contributed by atoms with Crippen molar-refractivity contribution in [1.82, 2.24) is 4.90 Å². The molecule has 20 heavy (non-hydrogen) atoms. The smallest absolute Gasteiger partial charge is 0.309 e. The molecule has 0 aliphatic carbocycles. The first-order valence-corrected chi connectivity index (χ1v) is 6.61. The molecule has 1 aromatic carbocycles. The molecule has 1 unspecified atom stereocenters. The Morgan fingerprint density at radius 3 is 2.25 bits per heavy atom. The second-order valence-electron chi connectivity index (χ2n) is 4.53. The van der Waals surface area contributed by atoms with E-state index in [0.717, 1.165) is 6.54 Å². The van der Waals surface area contributed by atoms with Crippen LogP contribution in [0.15, 0.2) is 24.3 Å². The van der Waals surface area contributed by atoms with Crippen molar-refractivity contribution < 1.29 is 19.7 Å². The fourth-order valence-corrected chi connectivity index (χ4v) is 1.15. The lowest BCUT2D eigenvalue weighted by molar-refractivity contribution is -0.142. The van der Waals surface area contributed by atoms with Gasteiger partial charge in [0.15, 0.2) is 0 Å². The number of carbonyl (C=O) groups is 1. The lowest BCUT2D eigenvalue weighted by atomic mass is 10.2. The third-order valence-corrected chi connectivity index (χ3v) is 2.53. The van der Waals surface area contributed by atoms with Gasteiger partial charge in [0.2, 0.25) is 0 Å². The second-order valence-corrected chi connectivity index (χ2v) is 4.97. The topological polar surface area (TPSA) is 70.0 Å². The molecule has 0 radical (unpaired) electrons. The van der Waals surface area contributed by atoms with E-state index in [1.54, 1.807) is 31.2 Å². The molecule has 0 bridgehead atoms. The van der Waals surface area contributed by atoms with Crippen molar-refractivity contribution in [2.24, 2.45) is 5.92 Å². The van der Waals surface area contributed by atoms with Gasteiger partial charge in [0.05, 0.1) is 12.5 Å². The molecule has 5 nitrogen and oxygen atoms in total.